The van der Waals surface area contributed by atoms with Crippen molar-refractivity contribution in [1.29, 1.82) is 0 Å². The summed E-state index contributed by atoms with van der Waals surface area (Å²) in [4.78, 5) is 13.0. The van der Waals surface area contributed by atoms with Crippen LogP contribution in [-0.2, 0) is 12.8 Å². The van der Waals surface area contributed by atoms with Crippen molar-refractivity contribution < 1.29 is 4.79 Å². The molecule has 1 aliphatic carbocycles. The normalized spacial score (nSPS) is 12.7. The van der Waals surface area contributed by atoms with E-state index < -0.39 is 0 Å². The third kappa shape index (κ3) is 3.71. The van der Waals surface area contributed by atoms with E-state index in [2.05, 4.69) is 22.8 Å². The molecule has 4 aromatic rings. The van der Waals surface area contributed by atoms with Crippen LogP contribution < -0.4 is 10.6 Å². The Kier molecular flexibility index (Phi) is 5.20. The molecule has 0 fully saturated rings. The molecular formula is C26H23ClN2OS. The molecule has 0 saturated heterocycles. The smallest absolute Gasteiger partial charge is 0.307 e. The van der Waals surface area contributed by atoms with Gasteiger partial charge in [0, 0.05) is 31.9 Å². The van der Waals surface area contributed by atoms with E-state index >= 15 is 0 Å². The molecular weight excluding hydrogens is 424 g/mol. The number of carbonyl (C=O) groups is 1. The lowest BCUT2D eigenvalue weighted by atomic mass is 10.0. The first kappa shape index (κ1) is 20.1. The van der Waals surface area contributed by atoms with Gasteiger partial charge < -0.3 is 5.32 Å². The Labute approximate surface area is 191 Å². The number of hydrogen-bond donors (Lipinski definition) is 2. The van der Waals surface area contributed by atoms with E-state index in [4.69, 9.17) is 11.6 Å². The molecule has 5 rings (SSSR count). The predicted molar refractivity (Wildman–Crippen MR) is 133 cm³/mol. The van der Waals surface area contributed by atoms with Gasteiger partial charge in [0.1, 0.15) is 5.00 Å². The van der Waals surface area contributed by atoms with Gasteiger partial charge in [-0.05, 0) is 73.6 Å². The number of thiophene rings is 1. The maximum Gasteiger partial charge on any atom is 0.324 e. The van der Waals surface area contributed by atoms with E-state index in [1.807, 2.05) is 56.3 Å². The van der Waals surface area contributed by atoms with Crippen LogP contribution in [0.5, 0.6) is 0 Å². The molecule has 0 spiro atoms. The number of para-hydroxylation sites is 1. The number of nitrogens with one attached hydrogen (secondary N) is 2. The van der Waals surface area contributed by atoms with Crippen LogP contribution in [0.4, 0.5) is 15.5 Å². The summed E-state index contributed by atoms with van der Waals surface area (Å²) in [6, 6.07) is 18.2. The fourth-order valence-electron chi connectivity index (χ4n) is 4.44. The van der Waals surface area contributed by atoms with Crippen LogP contribution in [0.15, 0.2) is 54.6 Å². The maximum absolute atomic E-state index is 13.0. The van der Waals surface area contributed by atoms with Crippen LogP contribution in [0, 0.1) is 13.8 Å². The molecule has 3 nitrogen and oxygen atoms in total. The zero-order valence-electron chi connectivity index (χ0n) is 17.5. The second kappa shape index (κ2) is 8.03. The predicted octanol–water partition coefficient (Wildman–Crippen LogP) is 7.97. The van der Waals surface area contributed by atoms with E-state index in [1.165, 1.54) is 22.2 Å². The molecule has 3 aromatic carbocycles. The Morgan fingerprint density at radius 1 is 0.935 bits per heavy atom. The number of rotatable bonds is 3. The molecule has 0 bridgehead atoms. The molecule has 5 heteroatoms. The van der Waals surface area contributed by atoms with Crippen molar-refractivity contribution in [3.05, 3.63) is 81.9 Å². The lowest BCUT2D eigenvalue weighted by Gasteiger charge is -2.13. The van der Waals surface area contributed by atoms with Gasteiger partial charge in [-0.2, -0.15) is 0 Å². The number of aryl methyl sites for hydroxylation is 4. The van der Waals surface area contributed by atoms with Crippen LogP contribution in [-0.4, -0.2) is 6.03 Å². The number of carbonyl (C=O) groups excluding carboxylic acids is 1. The molecule has 0 saturated carbocycles. The summed E-state index contributed by atoms with van der Waals surface area (Å²) in [5, 5.41) is 8.80. The van der Waals surface area contributed by atoms with Crippen LogP contribution in [0.25, 0.3) is 21.2 Å². The monoisotopic (exact) mass is 446 g/mol. The highest BCUT2D eigenvalue weighted by Crippen LogP contribution is 2.46. The Balaban J connectivity index is 1.59. The summed E-state index contributed by atoms with van der Waals surface area (Å²) in [7, 11) is 0. The van der Waals surface area contributed by atoms with Gasteiger partial charge in [0.25, 0.3) is 0 Å². The third-order valence-corrected chi connectivity index (χ3v) is 7.39. The number of anilines is 2. The molecule has 2 amide bonds. The Morgan fingerprint density at radius 2 is 1.65 bits per heavy atom. The van der Waals surface area contributed by atoms with Crippen molar-refractivity contribution in [2.45, 2.75) is 33.1 Å². The molecule has 0 radical (unpaired) electrons. The SMILES string of the molecule is Cc1cccc(C)c1NC(=O)Nc1sc2cc3c(cc2c1-c1ccccc1Cl)CCC3. The van der Waals surface area contributed by atoms with E-state index in [-0.39, 0.29) is 6.03 Å². The van der Waals surface area contributed by atoms with E-state index in [1.54, 1.807) is 11.3 Å². The highest BCUT2D eigenvalue weighted by atomic mass is 35.5. The van der Waals surface area contributed by atoms with E-state index in [9.17, 15) is 4.79 Å². The average Bonchev–Trinajstić information content (AvgIpc) is 3.33. The number of halogens is 1. The van der Waals surface area contributed by atoms with Crippen molar-refractivity contribution in [1.82, 2.24) is 0 Å². The minimum Gasteiger partial charge on any atom is -0.307 e. The minimum atomic E-state index is -0.246. The molecule has 0 unspecified atom stereocenters. The van der Waals surface area contributed by atoms with Gasteiger partial charge in [-0.15, -0.1) is 11.3 Å². The molecule has 0 aliphatic heterocycles. The minimum absolute atomic E-state index is 0.246. The average molecular weight is 447 g/mol. The van der Waals surface area contributed by atoms with E-state index in [0.29, 0.717) is 5.02 Å². The second-order valence-corrected chi connectivity index (χ2v) is 9.56. The topological polar surface area (TPSA) is 41.1 Å². The molecule has 1 heterocycles. The Bertz CT molecular complexity index is 1300. The fraction of sp³-hybridized carbons (Fsp3) is 0.192. The van der Waals surface area contributed by atoms with Crippen molar-refractivity contribution in [3.63, 3.8) is 0 Å². The lowest BCUT2D eigenvalue weighted by Crippen LogP contribution is -2.20. The van der Waals surface area contributed by atoms with Crippen LogP contribution in [0.3, 0.4) is 0 Å². The first-order chi connectivity index (χ1) is 15.0. The van der Waals surface area contributed by atoms with Crippen molar-refractivity contribution in [2.75, 3.05) is 10.6 Å². The number of amides is 2. The molecule has 156 valence electrons. The van der Waals surface area contributed by atoms with Gasteiger partial charge in [-0.3, -0.25) is 5.32 Å². The third-order valence-electron chi connectivity index (χ3n) is 5.99. The summed E-state index contributed by atoms with van der Waals surface area (Å²) < 4.78 is 1.18. The van der Waals surface area contributed by atoms with Gasteiger partial charge in [0.15, 0.2) is 0 Å². The highest BCUT2D eigenvalue weighted by molar-refractivity contribution is 7.23. The summed E-state index contributed by atoms with van der Waals surface area (Å²) in [6.45, 7) is 4.00. The van der Waals surface area contributed by atoms with Crippen molar-refractivity contribution >= 4 is 49.7 Å². The van der Waals surface area contributed by atoms with Crippen LogP contribution in [0.2, 0.25) is 5.02 Å². The molecule has 2 N–H and O–H groups in total. The zero-order chi connectivity index (χ0) is 21.5. The van der Waals surface area contributed by atoms with Gasteiger partial charge in [-0.25, -0.2) is 4.79 Å². The Hall–Kier alpha value is -2.82. The summed E-state index contributed by atoms with van der Waals surface area (Å²) in [6.07, 6.45) is 3.44. The quantitative estimate of drug-likeness (QED) is 0.329. The van der Waals surface area contributed by atoms with Crippen LogP contribution in [0.1, 0.15) is 28.7 Å². The summed E-state index contributed by atoms with van der Waals surface area (Å²) in [5.74, 6) is 0. The second-order valence-electron chi connectivity index (χ2n) is 8.10. The van der Waals surface area contributed by atoms with Crippen LogP contribution >= 0.6 is 22.9 Å². The first-order valence-electron chi connectivity index (χ1n) is 10.5. The molecule has 1 aromatic heterocycles. The first-order valence-corrected chi connectivity index (χ1v) is 11.7. The molecule has 0 atom stereocenters. The van der Waals surface area contributed by atoms with Gasteiger partial charge in [0.05, 0.1) is 0 Å². The lowest BCUT2D eigenvalue weighted by molar-refractivity contribution is 0.262. The summed E-state index contributed by atoms with van der Waals surface area (Å²) >= 11 is 8.20. The molecule has 1 aliphatic rings. The van der Waals surface area contributed by atoms with Gasteiger partial charge >= 0.3 is 6.03 Å². The van der Waals surface area contributed by atoms with Gasteiger partial charge in [0.2, 0.25) is 0 Å². The number of benzene rings is 3. The fourth-order valence-corrected chi connectivity index (χ4v) is 5.83. The van der Waals surface area contributed by atoms with E-state index in [0.717, 1.165) is 51.2 Å². The highest BCUT2D eigenvalue weighted by Gasteiger charge is 2.21. The molecule has 31 heavy (non-hydrogen) atoms. The van der Waals surface area contributed by atoms with Crippen molar-refractivity contribution in [3.8, 4) is 11.1 Å². The largest absolute Gasteiger partial charge is 0.324 e. The number of hydrogen-bond acceptors (Lipinski definition) is 2. The summed E-state index contributed by atoms with van der Waals surface area (Å²) in [5.41, 5.74) is 7.69. The van der Waals surface area contributed by atoms with Crippen molar-refractivity contribution in [2.24, 2.45) is 0 Å². The Morgan fingerprint density at radius 3 is 2.39 bits per heavy atom. The number of urea groups is 1. The maximum atomic E-state index is 13.0. The number of fused-ring (bicyclic) bond motifs is 2. The standard InChI is InChI=1S/C26H23ClN2OS/c1-15-7-5-8-16(2)24(15)28-26(30)29-25-23(19-11-3-4-12-21(19)27)20-13-17-9-6-10-18(17)14-22(20)31-25/h3-5,7-8,11-14H,6,9-10H2,1-2H3,(H2,28,29,30). The zero-order valence-corrected chi connectivity index (χ0v) is 19.1. The van der Waals surface area contributed by atoms with Gasteiger partial charge in [-0.1, -0.05) is 48.0 Å².